The van der Waals surface area contributed by atoms with Gasteiger partial charge in [-0.3, -0.25) is 9.59 Å². The first kappa shape index (κ1) is 13.9. The van der Waals surface area contributed by atoms with Crippen molar-refractivity contribution in [2.45, 2.75) is 41.0 Å². The zero-order valence-electron chi connectivity index (χ0n) is 10.2. The molecule has 0 rings (SSSR count). The minimum absolute atomic E-state index is 0.0978. The Morgan fingerprint density at radius 3 is 1.93 bits per heavy atom. The Bertz CT molecular complexity index is 257. The van der Waals surface area contributed by atoms with Crippen LogP contribution in [0, 0.1) is 10.8 Å². The fourth-order valence-corrected chi connectivity index (χ4v) is 1.66. The number of carbonyl (C=O) groups excluding carboxylic acids is 1. The van der Waals surface area contributed by atoms with Gasteiger partial charge in [0.2, 0.25) is 5.91 Å². The second-order valence-corrected chi connectivity index (χ2v) is 5.11. The van der Waals surface area contributed by atoms with Crippen molar-refractivity contribution < 1.29 is 14.7 Å². The zero-order chi connectivity index (χ0) is 12.3. The number of aliphatic carboxylic acids is 1. The third-order valence-corrected chi connectivity index (χ3v) is 2.41. The van der Waals surface area contributed by atoms with E-state index in [0.717, 1.165) is 0 Å². The van der Waals surface area contributed by atoms with E-state index in [0.29, 0.717) is 13.0 Å². The number of rotatable bonds is 5. The van der Waals surface area contributed by atoms with Gasteiger partial charge < -0.3 is 10.4 Å². The van der Waals surface area contributed by atoms with E-state index < -0.39 is 16.8 Å². The molecule has 0 spiro atoms. The number of hydrogen-bond donors (Lipinski definition) is 2. The standard InChI is InChI=1S/C11H21NO3/c1-6-12-8(13)10(2,3)7-11(4,5)9(14)15/h6-7H2,1-5H3,(H,12,13)(H,14,15). The average molecular weight is 215 g/mol. The Morgan fingerprint density at radius 1 is 1.13 bits per heavy atom. The van der Waals surface area contributed by atoms with E-state index >= 15 is 0 Å². The van der Waals surface area contributed by atoms with Crippen LogP contribution in [0.1, 0.15) is 41.0 Å². The molecule has 0 aliphatic carbocycles. The van der Waals surface area contributed by atoms with Crippen molar-refractivity contribution in [2.75, 3.05) is 6.54 Å². The minimum atomic E-state index is -0.880. The van der Waals surface area contributed by atoms with Crippen LogP contribution in [-0.4, -0.2) is 23.5 Å². The summed E-state index contributed by atoms with van der Waals surface area (Å²) in [6.07, 6.45) is 0.321. The molecule has 0 saturated carbocycles. The summed E-state index contributed by atoms with van der Waals surface area (Å²) in [5.74, 6) is -0.973. The molecule has 0 unspecified atom stereocenters. The highest BCUT2D eigenvalue weighted by molar-refractivity contribution is 5.83. The molecule has 1 amide bonds. The second-order valence-electron chi connectivity index (χ2n) is 5.11. The van der Waals surface area contributed by atoms with Gasteiger partial charge in [0.05, 0.1) is 5.41 Å². The Kier molecular flexibility index (Phi) is 4.31. The molecule has 15 heavy (non-hydrogen) atoms. The van der Waals surface area contributed by atoms with Gasteiger partial charge in [-0.15, -0.1) is 0 Å². The van der Waals surface area contributed by atoms with Crippen LogP contribution < -0.4 is 5.32 Å². The van der Waals surface area contributed by atoms with Crippen molar-refractivity contribution in [2.24, 2.45) is 10.8 Å². The first-order valence-electron chi connectivity index (χ1n) is 5.15. The van der Waals surface area contributed by atoms with Gasteiger partial charge in [-0.05, 0) is 27.2 Å². The maximum Gasteiger partial charge on any atom is 0.309 e. The molecule has 0 heterocycles. The molecule has 0 radical (unpaired) electrons. The molecular weight excluding hydrogens is 194 g/mol. The van der Waals surface area contributed by atoms with Crippen LogP contribution in [0.2, 0.25) is 0 Å². The molecule has 0 aromatic carbocycles. The first-order chi connectivity index (χ1) is 6.63. The summed E-state index contributed by atoms with van der Waals surface area (Å²) in [4.78, 5) is 22.6. The topological polar surface area (TPSA) is 66.4 Å². The van der Waals surface area contributed by atoms with Crippen molar-refractivity contribution in [3.8, 4) is 0 Å². The van der Waals surface area contributed by atoms with Crippen molar-refractivity contribution in [1.82, 2.24) is 5.32 Å². The molecule has 4 nitrogen and oxygen atoms in total. The van der Waals surface area contributed by atoms with Gasteiger partial charge in [0.1, 0.15) is 0 Å². The summed E-state index contributed by atoms with van der Waals surface area (Å²) in [6.45, 7) is 9.21. The highest BCUT2D eigenvalue weighted by Gasteiger charge is 2.38. The predicted octanol–water partition coefficient (Wildman–Crippen LogP) is 1.65. The van der Waals surface area contributed by atoms with E-state index in [2.05, 4.69) is 5.32 Å². The number of carboxylic acid groups (broad SMARTS) is 1. The number of nitrogens with one attached hydrogen (secondary N) is 1. The van der Waals surface area contributed by atoms with Gasteiger partial charge >= 0.3 is 5.97 Å². The molecule has 0 fully saturated rings. The van der Waals surface area contributed by atoms with Gasteiger partial charge in [-0.2, -0.15) is 0 Å². The molecule has 88 valence electrons. The van der Waals surface area contributed by atoms with Gasteiger partial charge in [0.15, 0.2) is 0 Å². The highest BCUT2D eigenvalue weighted by Crippen LogP contribution is 2.33. The zero-order valence-corrected chi connectivity index (χ0v) is 10.2. The van der Waals surface area contributed by atoms with Crippen LogP contribution in [-0.2, 0) is 9.59 Å². The molecule has 0 bridgehead atoms. The lowest BCUT2D eigenvalue weighted by Gasteiger charge is -2.30. The number of carboxylic acids is 1. The first-order valence-corrected chi connectivity index (χ1v) is 5.15. The normalized spacial score (nSPS) is 12.3. The molecule has 0 aliphatic heterocycles. The lowest BCUT2D eigenvalue weighted by Crippen LogP contribution is -2.41. The molecule has 2 N–H and O–H groups in total. The van der Waals surface area contributed by atoms with Gasteiger partial charge in [0, 0.05) is 12.0 Å². The molecular formula is C11H21NO3. The summed E-state index contributed by atoms with van der Waals surface area (Å²) in [5.41, 5.74) is -1.54. The van der Waals surface area contributed by atoms with Crippen LogP contribution in [0.15, 0.2) is 0 Å². The summed E-state index contributed by atoms with van der Waals surface area (Å²) >= 11 is 0. The van der Waals surface area contributed by atoms with Crippen molar-refractivity contribution in [1.29, 1.82) is 0 Å². The largest absolute Gasteiger partial charge is 0.481 e. The van der Waals surface area contributed by atoms with E-state index in [1.165, 1.54) is 0 Å². The van der Waals surface area contributed by atoms with Crippen LogP contribution in [0.4, 0.5) is 0 Å². The molecule has 0 aromatic rings. The Morgan fingerprint density at radius 2 is 1.60 bits per heavy atom. The van der Waals surface area contributed by atoms with E-state index in [9.17, 15) is 9.59 Å². The number of amides is 1. The van der Waals surface area contributed by atoms with Crippen molar-refractivity contribution >= 4 is 11.9 Å². The Hall–Kier alpha value is -1.06. The third kappa shape index (κ3) is 3.90. The SMILES string of the molecule is CCNC(=O)C(C)(C)CC(C)(C)C(=O)O. The second kappa shape index (κ2) is 4.64. The molecule has 0 saturated heterocycles. The fourth-order valence-electron chi connectivity index (χ4n) is 1.66. The van der Waals surface area contributed by atoms with Gasteiger partial charge in [-0.1, -0.05) is 13.8 Å². The maximum atomic E-state index is 11.7. The summed E-state index contributed by atoms with van der Waals surface area (Å²) < 4.78 is 0. The molecule has 4 heteroatoms. The summed E-state index contributed by atoms with van der Waals surface area (Å²) in [5, 5.41) is 11.7. The third-order valence-electron chi connectivity index (χ3n) is 2.41. The smallest absolute Gasteiger partial charge is 0.309 e. The van der Waals surface area contributed by atoms with Crippen LogP contribution in [0.3, 0.4) is 0 Å². The highest BCUT2D eigenvalue weighted by atomic mass is 16.4. The van der Waals surface area contributed by atoms with Crippen molar-refractivity contribution in [3.63, 3.8) is 0 Å². The van der Waals surface area contributed by atoms with Crippen LogP contribution >= 0.6 is 0 Å². The summed E-state index contributed by atoms with van der Waals surface area (Å²) in [6, 6.07) is 0. The van der Waals surface area contributed by atoms with Crippen LogP contribution in [0.25, 0.3) is 0 Å². The van der Waals surface area contributed by atoms with Crippen molar-refractivity contribution in [3.05, 3.63) is 0 Å². The predicted molar refractivity (Wildman–Crippen MR) is 58.5 cm³/mol. The van der Waals surface area contributed by atoms with E-state index in [4.69, 9.17) is 5.11 Å². The lowest BCUT2D eigenvalue weighted by molar-refractivity contribution is -0.149. The van der Waals surface area contributed by atoms with Gasteiger partial charge in [0.25, 0.3) is 0 Å². The molecule has 0 aliphatic rings. The van der Waals surface area contributed by atoms with Gasteiger partial charge in [-0.25, -0.2) is 0 Å². The number of carbonyl (C=O) groups is 2. The van der Waals surface area contributed by atoms with E-state index in [1.807, 2.05) is 6.92 Å². The Labute approximate surface area is 91.1 Å². The molecule has 0 atom stereocenters. The maximum absolute atomic E-state index is 11.7. The average Bonchev–Trinajstić information content (AvgIpc) is 2.02. The fraction of sp³-hybridized carbons (Fsp3) is 0.818. The quantitative estimate of drug-likeness (QED) is 0.732. The summed E-state index contributed by atoms with van der Waals surface area (Å²) in [7, 11) is 0. The molecule has 0 aromatic heterocycles. The Balaban J connectivity index is 4.63. The lowest BCUT2D eigenvalue weighted by atomic mass is 9.74. The van der Waals surface area contributed by atoms with E-state index in [1.54, 1.807) is 27.7 Å². The van der Waals surface area contributed by atoms with Crippen LogP contribution in [0.5, 0.6) is 0 Å². The minimum Gasteiger partial charge on any atom is -0.481 e. The van der Waals surface area contributed by atoms with E-state index in [-0.39, 0.29) is 5.91 Å². The monoisotopic (exact) mass is 215 g/mol. The number of hydrogen-bond acceptors (Lipinski definition) is 2.